The average Bonchev–Trinajstić information content (AvgIpc) is 1.60. The quantitative estimate of drug-likeness (QED) is 0.0159. The van der Waals surface area contributed by atoms with E-state index in [1.807, 2.05) is 19.9 Å². The van der Waals surface area contributed by atoms with Gasteiger partial charge in [-0.15, -0.1) is 0 Å². The molecule has 2 aromatic heterocycles. The molecule has 2 saturated carbocycles. The molecule has 1 unspecified atom stereocenters. The van der Waals surface area contributed by atoms with Gasteiger partial charge in [0.1, 0.15) is 25.1 Å². The van der Waals surface area contributed by atoms with Crippen LogP contribution in [-0.2, 0) is 74.8 Å². The summed E-state index contributed by atoms with van der Waals surface area (Å²) in [5.74, 6) is -2.15. The van der Waals surface area contributed by atoms with Gasteiger partial charge in [0.25, 0.3) is 5.56 Å². The first-order chi connectivity index (χ1) is 48.2. The number of ketones is 2. The van der Waals surface area contributed by atoms with Crippen molar-refractivity contribution in [3.8, 4) is 11.4 Å². The number of esters is 2. The number of primary amides is 1. The van der Waals surface area contributed by atoms with Crippen molar-refractivity contribution >= 4 is 69.7 Å². The van der Waals surface area contributed by atoms with Crippen LogP contribution in [0.1, 0.15) is 194 Å². The molecule has 0 spiro atoms. The molecule has 22 nitrogen and oxygen atoms in total. The lowest BCUT2D eigenvalue weighted by Crippen LogP contribution is -2.57. The first-order valence-corrected chi connectivity index (χ1v) is 36.0. The molecular formula is C78H94FN9O13. The number of anilines is 2. The number of ether oxygens (including phenoxy) is 3. The van der Waals surface area contributed by atoms with E-state index in [1.54, 1.807) is 51.1 Å². The van der Waals surface area contributed by atoms with Crippen molar-refractivity contribution in [2.75, 3.05) is 36.9 Å². The summed E-state index contributed by atoms with van der Waals surface area (Å²) in [7, 11) is 2.09. The van der Waals surface area contributed by atoms with Crippen LogP contribution in [0.25, 0.3) is 22.3 Å². The second kappa shape index (κ2) is 29.1. The fourth-order valence-corrected chi connectivity index (χ4v) is 17.8. The number of amides is 5. The third kappa shape index (κ3) is 13.7. The Bertz CT molecular complexity index is 4300. The number of cyclic esters (lactones) is 1. The number of pyridine rings is 2. The van der Waals surface area contributed by atoms with E-state index in [0.29, 0.717) is 95.3 Å². The number of urea groups is 1. The molecule has 0 radical (unpaired) electrons. The van der Waals surface area contributed by atoms with Crippen LogP contribution in [0.5, 0.6) is 0 Å². The van der Waals surface area contributed by atoms with E-state index in [0.717, 1.165) is 74.7 Å². The summed E-state index contributed by atoms with van der Waals surface area (Å²) < 4.78 is 34.2. The molecule has 12 rings (SSSR count). The van der Waals surface area contributed by atoms with Crippen molar-refractivity contribution in [2.45, 2.75) is 206 Å². The summed E-state index contributed by atoms with van der Waals surface area (Å²) in [5, 5.41) is 27.0. The second-order valence-electron chi connectivity index (χ2n) is 29.4. The van der Waals surface area contributed by atoms with E-state index in [9.17, 15) is 48.3 Å². The summed E-state index contributed by atoms with van der Waals surface area (Å²) in [6.07, 6.45) is 11.1. The zero-order valence-corrected chi connectivity index (χ0v) is 59.1. The summed E-state index contributed by atoms with van der Waals surface area (Å²) in [5.41, 5.74) is 12.2. The molecule has 7 aliphatic rings. The topological polar surface area (TPSA) is 309 Å². The second-order valence-corrected chi connectivity index (χ2v) is 29.4. The smallest absolute Gasteiger partial charge is 0.407 e. The minimum absolute atomic E-state index is 0.00588. The molecule has 2 fully saturated rings. The van der Waals surface area contributed by atoms with E-state index in [4.69, 9.17) is 24.9 Å². The third-order valence-corrected chi connectivity index (χ3v) is 23.1. The highest BCUT2D eigenvalue weighted by Gasteiger charge is 2.67. The Morgan fingerprint density at radius 1 is 0.891 bits per heavy atom. The molecule has 0 saturated heterocycles. The van der Waals surface area contributed by atoms with Gasteiger partial charge in [-0.3, -0.25) is 28.8 Å². The zero-order chi connectivity index (χ0) is 72.0. The van der Waals surface area contributed by atoms with Gasteiger partial charge in [-0.25, -0.2) is 23.8 Å². The van der Waals surface area contributed by atoms with Gasteiger partial charge in [0.2, 0.25) is 11.8 Å². The highest BCUT2D eigenvalue weighted by molar-refractivity contribution is 5.98. The lowest BCUT2D eigenvalue weighted by atomic mass is 9.50. The number of aromatic nitrogens is 2. The highest BCUT2D eigenvalue weighted by Crippen LogP contribution is 2.68. The zero-order valence-electron chi connectivity index (χ0n) is 59.1. The number of hydrogen-bond donors (Lipinski definition) is 7. The van der Waals surface area contributed by atoms with Gasteiger partial charge in [-0.1, -0.05) is 70.4 Å². The van der Waals surface area contributed by atoms with Crippen molar-refractivity contribution in [1.82, 2.24) is 30.8 Å². The third-order valence-electron chi connectivity index (χ3n) is 23.1. The maximum Gasteiger partial charge on any atom is 0.407 e. The van der Waals surface area contributed by atoms with Crippen LogP contribution < -0.4 is 42.8 Å². The largest absolute Gasteiger partial charge is 0.458 e. The van der Waals surface area contributed by atoms with Crippen LogP contribution in [0.15, 0.2) is 88.3 Å². The maximum absolute atomic E-state index is 15.5. The van der Waals surface area contributed by atoms with Crippen molar-refractivity contribution in [3.05, 3.63) is 144 Å². The number of hydrogen-bond acceptors (Lipinski definition) is 16. The number of benzene rings is 3. The van der Waals surface area contributed by atoms with E-state index in [1.165, 1.54) is 34.3 Å². The lowest BCUT2D eigenvalue weighted by molar-refractivity contribution is -0.182. The van der Waals surface area contributed by atoms with Crippen molar-refractivity contribution in [1.29, 1.82) is 0 Å². The summed E-state index contributed by atoms with van der Waals surface area (Å²) in [6, 6.07) is 15.5. The van der Waals surface area contributed by atoms with Gasteiger partial charge in [0.05, 0.1) is 41.1 Å². The fraction of sp³-hybridized carbons (Fsp3) is 0.513. The highest BCUT2D eigenvalue weighted by atomic mass is 19.1. The summed E-state index contributed by atoms with van der Waals surface area (Å²) >= 11 is 0. The van der Waals surface area contributed by atoms with E-state index < -0.39 is 76.1 Å². The number of fused-ring (bicyclic) bond motifs is 9. The van der Waals surface area contributed by atoms with Crippen molar-refractivity contribution in [2.24, 2.45) is 28.9 Å². The minimum atomic E-state index is -2.04. The molecule has 23 heteroatoms. The number of carbonyl (C=O) groups is 8. The molecule has 0 bridgehead atoms. The number of nitrogens with two attached hydrogens (primary N) is 1. The Hall–Kier alpha value is -9.09. The van der Waals surface area contributed by atoms with Crippen molar-refractivity contribution in [3.63, 3.8) is 0 Å². The Morgan fingerprint density at radius 3 is 2.36 bits per heavy atom. The van der Waals surface area contributed by atoms with Crippen LogP contribution in [-0.4, -0.2) is 106 Å². The van der Waals surface area contributed by atoms with Crippen LogP contribution in [0, 0.1) is 35.9 Å². The summed E-state index contributed by atoms with van der Waals surface area (Å²) in [6.45, 7) is 13.6. The number of rotatable bonds is 25. The van der Waals surface area contributed by atoms with Gasteiger partial charge in [-0.05, 0) is 197 Å². The molecular weight excluding hydrogens is 1290 g/mol. The number of nitrogens with zero attached hydrogens (tertiary/aromatic N) is 3. The van der Waals surface area contributed by atoms with Crippen LogP contribution >= 0.6 is 0 Å². The number of carbonyl (C=O) groups excluding carboxylic acids is 8. The fourth-order valence-electron chi connectivity index (χ4n) is 17.8. The monoisotopic (exact) mass is 1380 g/mol. The number of nitrogens with one attached hydrogen (secondary N) is 5. The Balaban J connectivity index is 0.629. The predicted molar refractivity (Wildman–Crippen MR) is 378 cm³/mol. The molecule has 3 aromatic carbocycles. The minimum Gasteiger partial charge on any atom is -0.458 e. The molecule has 4 heterocycles. The molecule has 2 aliphatic heterocycles. The number of Topliss-reactive ketones (excluding diaryl/α,β-unsaturated/α-hetero) is 1. The normalized spacial score (nSPS) is 23.6. The van der Waals surface area contributed by atoms with Gasteiger partial charge in [-0.2, -0.15) is 0 Å². The van der Waals surface area contributed by atoms with E-state index in [-0.39, 0.29) is 91.4 Å². The number of aliphatic hydroxyl groups is 1. The van der Waals surface area contributed by atoms with Crippen molar-refractivity contribution < 1.29 is 62.1 Å². The first kappa shape index (κ1) is 71.7. The van der Waals surface area contributed by atoms with Gasteiger partial charge in [0, 0.05) is 78.8 Å². The lowest BCUT2D eigenvalue weighted by Gasteiger charge is -2.55. The number of alkyl carbamates (subject to hydrolysis) is 1. The Kier molecular flexibility index (Phi) is 20.7. The SMILES string of the molecule is CC[C@@]1(O)C(=O)OCc2c1cc1n(c2=O)Cc2c-1nc1cc(F)c(C)c3c1c2C(NC(=O)OCc1ccc(NC(=O)[C@H](CCCNC(N)=O)NC(=O)[C@@H](NCCCCCCN(C)c2ccc([C@H]4C[C@@]5(C)[C@@H](CC[C@]5(OC(C)=O)C(C)=O)[C@@H]5CCC6=CC(=O)CCC6=C54)cc2)C(C)C)cc1)CC3. The maximum atomic E-state index is 15.5. The van der Waals surface area contributed by atoms with E-state index in [2.05, 4.69) is 69.7 Å². The average molecular weight is 1380 g/mol. The van der Waals surface area contributed by atoms with Gasteiger partial charge >= 0.3 is 24.1 Å². The predicted octanol–water partition coefficient (Wildman–Crippen LogP) is 10.4. The molecule has 5 aliphatic carbocycles. The number of aryl methyl sites for hydroxylation is 1. The molecule has 8 N–H and O–H groups in total. The molecule has 5 aromatic rings. The van der Waals surface area contributed by atoms with Crippen LogP contribution in [0.2, 0.25) is 0 Å². The number of allylic oxidation sites excluding steroid dienone is 4. The standard InChI is InChI=1S/C78H94FN9O13/c1-9-77(98)59-36-64-69-56(39-88(64)72(94)57(59)41-99-73(77)95)67-61(29-28-52-43(4)60(79)37-63(84-69)66(52)67)86-75(97)100-40-46-16-21-49(22-17-46)83-70(92)62(15-14-33-82-74(80)96)85-71(93)68(42(2)3)81-32-12-10-11-13-34-87(8)50-23-18-47(19-24-50)55-38-76(7)58(30-31-78(76,44(5)89)101-45(6)90)54-26-20-48-35-51(91)25-27-53(48)65(54)55/h16-19,21-24,35-37,42,54-55,58,61-62,68,81,98H,9-15,20,25-34,38-41H2,1-8H3,(H,83,92)(H,85,93)(H,86,97)(H3,80,82,96)/t54-,55+,58-,61?,62-,68-,76-,77-,78-/m0/s1. The van der Waals surface area contributed by atoms with Crippen LogP contribution in [0.3, 0.4) is 0 Å². The molecule has 101 heavy (non-hydrogen) atoms. The van der Waals surface area contributed by atoms with Crippen LogP contribution in [0.4, 0.5) is 25.4 Å². The molecule has 9 atom stereocenters. The number of halogens is 1. The Morgan fingerprint density at radius 2 is 1.64 bits per heavy atom. The Labute approximate surface area is 587 Å². The molecule has 536 valence electrons. The van der Waals surface area contributed by atoms with Gasteiger partial charge < -0.3 is 61.1 Å². The number of unbranched alkanes of at least 4 members (excludes halogenated alkanes) is 3. The summed E-state index contributed by atoms with van der Waals surface area (Å²) in [4.78, 5) is 127. The van der Waals surface area contributed by atoms with Gasteiger partial charge in [0.15, 0.2) is 22.8 Å². The first-order valence-electron chi connectivity index (χ1n) is 36.0. The van der Waals surface area contributed by atoms with E-state index >= 15 is 4.39 Å². The molecule has 5 amide bonds.